The first-order valence-electron chi connectivity index (χ1n) is 10.0. The molecule has 150 valence electrons. The smallest absolute Gasteiger partial charge is 0.193 e. The molecule has 1 aromatic carbocycles. The minimum atomic E-state index is -0.338. The Hall–Kier alpha value is -2.42. The lowest BCUT2D eigenvalue weighted by molar-refractivity contribution is 0.629. The lowest BCUT2D eigenvalue weighted by atomic mass is 10.0. The number of H-pyrrole nitrogens is 1. The molecule has 0 unspecified atom stereocenters. The molecule has 0 atom stereocenters. The second kappa shape index (κ2) is 10.2. The zero-order valence-corrected chi connectivity index (χ0v) is 17.8. The van der Waals surface area contributed by atoms with E-state index in [0.29, 0.717) is 17.3 Å². The maximum Gasteiger partial charge on any atom is 0.193 e. The Morgan fingerprint density at radius 3 is 2.32 bits per heavy atom. The monoisotopic (exact) mass is 381 g/mol. The highest BCUT2D eigenvalue weighted by Crippen LogP contribution is 2.15. The van der Waals surface area contributed by atoms with Gasteiger partial charge in [-0.15, -0.1) is 0 Å². The van der Waals surface area contributed by atoms with Crippen molar-refractivity contribution in [1.29, 1.82) is 0 Å². The summed E-state index contributed by atoms with van der Waals surface area (Å²) >= 11 is 0. The van der Waals surface area contributed by atoms with E-state index in [-0.39, 0.29) is 11.2 Å². The van der Waals surface area contributed by atoms with Crippen molar-refractivity contribution >= 4 is 10.9 Å². The topological polar surface area (TPSA) is 32.9 Å². The summed E-state index contributed by atoms with van der Waals surface area (Å²) < 4.78 is 13.4. The van der Waals surface area contributed by atoms with Crippen LogP contribution in [0.3, 0.4) is 0 Å². The quantitative estimate of drug-likeness (QED) is 0.494. The number of aromatic amines is 1. The molecule has 0 aliphatic rings. The molecule has 1 N–H and O–H groups in total. The number of allylic oxidation sites excluding steroid dienone is 6. The van der Waals surface area contributed by atoms with Gasteiger partial charge in [-0.25, -0.2) is 4.39 Å². The molecule has 0 aliphatic carbocycles. The van der Waals surface area contributed by atoms with E-state index in [1.54, 1.807) is 6.07 Å². The molecule has 0 saturated carbocycles. The highest BCUT2D eigenvalue weighted by Gasteiger charge is 2.09. The third kappa shape index (κ3) is 6.33. The van der Waals surface area contributed by atoms with Crippen LogP contribution in [0.25, 0.3) is 10.9 Å². The van der Waals surface area contributed by atoms with E-state index in [2.05, 4.69) is 50.9 Å². The molecule has 0 amide bonds. The average Bonchev–Trinajstić information content (AvgIpc) is 2.60. The number of halogens is 1. The Balaban J connectivity index is 2.00. The summed E-state index contributed by atoms with van der Waals surface area (Å²) in [6.07, 6.45) is 11.6. The fourth-order valence-electron chi connectivity index (χ4n) is 3.29. The molecule has 0 aliphatic heterocycles. The van der Waals surface area contributed by atoms with Crippen molar-refractivity contribution in [3.05, 3.63) is 80.4 Å². The van der Waals surface area contributed by atoms with Crippen molar-refractivity contribution in [2.45, 2.75) is 66.7 Å². The molecule has 3 heteroatoms. The van der Waals surface area contributed by atoms with Gasteiger partial charge in [-0.05, 0) is 84.9 Å². The Bertz CT molecular complexity index is 972. The van der Waals surface area contributed by atoms with Gasteiger partial charge in [0.2, 0.25) is 0 Å². The number of nitrogens with one attached hydrogen (secondary N) is 1. The zero-order valence-electron chi connectivity index (χ0n) is 17.8. The minimum absolute atomic E-state index is 0.00897. The zero-order chi connectivity index (χ0) is 20.7. The summed E-state index contributed by atoms with van der Waals surface area (Å²) in [6.45, 7) is 10.5. The van der Waals surface area contributed by atoms with Gasteiger partial charge in [0.15, 0.2) is 5.43 Å². The maximum atomic E-state index is 13.4. The lowest BCUT2D eigenvalue weighted by Crippen LogP contribution is -2.13. The summed E-state index contributed by atoms with van der Waals surface area (Å²) in [4.78, 5) is 15.9. The van der Waals surface area contributed by atoms with Gasteiger partial charge >= 0.3 is 0 Å². The predicted molar refractivity (Wildman–Crippen MR) is 118 cm³/mol. The number of hydrogen-bond donors (Lipinski definition) is 1. The molecule has 1 aromatic heterocycles. The number of rotatable bonds is 8. The molecule has 2 rings (SSSR count). The summed E-state index contributed by atoms with van der Waals surface area (Å²) in [5, 5.41) is 0.544. The van der Waals surface area contributed by atoms with E-state index in [1.807, 2.05) is 6.92 Å². The van der Waals surface area contributed by atoms with Crippen LogP contribution < -0.4 is 5.43 Å². The van der Waals surface area contributed by atoms with Crippen LogP contribution >= 0.6 is 0 Å². The first-order chi connectivity index (χ1) is 13.3. The maximum absolute atomic E-state index is 13.4. The second-order valence-electron chi connectivity index (χ2n) is 7.91. The number of aryl methyl sites for hydroxylation is 1. The average molecular weight is 382 g/mol. The van der Waals surface area contributed by atoms with E-state index in [4.69, 9.17) is 0 Å². The number of hydrogen-bond acceptors (Lipinski definition) is 1. The Morgan fingerprint density at radius 1 is 1.00 bits per heavy atom. The first kappa shape index (κ1) is 21.9. The van der Waals surface area contributed by atoms with Crippen molar-refractivity contribution in [2.75, 3.05) is 0 Å². The normalized spacial score (nSPS) is 12.5. The molecule has 0 saturated heterocycles. The summed E-state index contributed by atoms with van der Waals surface area (Å²) in [6, 6.07) is 4.27. The number of benzene rings is 1. The SMILES string of the molecule is CC(C)=CCC/C(C)=C/CC/C(C)=C/Cc1c(C)[nH]c2cc(F)ccc2c1=O. The molecule has 0 fully saturated rings. The van der Waals surface area contributed by atoms with E-state index >= 15 is 0 Å². The number of pyridine rings is 1. The van der Waals surface area contributed by atoms with Gasteiger partial charge in [-0.2, -0.15) is 0 Å². The Morgan fingerprint density at radius 2 is 1.64 bits per heavy atom. The van der Waals surface area contributed by atoms with Crippen LogP contribution in [0.5, 0.6) is 0 Å². The number of aromatic nitrogens is 1. The standard InChI is InChI=1S/C25H32FNO/c1-17(2)8-6-9-18(3)10-7-11-19(4)12-14-22-20(5)27-24-16-21(26)13-15-23(24)25(22)28/h8,10,12-13,15-16H,6-7,9,11,14H2,1-5H3,(H,27,28)/b18-10+,19-12+. The summed E-state index contributed by atoms with van der Waals surface area (Å²) in [5.41, 5.74) is 6.20. The van der Waals surface area contributed by atoms with Crippen molar-refractivity contribution in [3.8, 4) is 0 Å². The van der Waals surface area contributed by atoms with Crippen LogP contribution in [0.2, 0.25) is 0 Å². The van der Waals surface area contributed by atoms with Crippen LogP contribution in [-0.2, 0) is 6.42 Å². The van der Waals surface area contributed by atoms with Gasteiger partial charge in [0.1, 0.15) is 5.82 Å². The van der Waals surface area contributed by atoms with Crippen molar-refractivity contribution < 1.29 is 4.39 Å². The van der Waals surface area contributed by atoms with E-state index in [0.717, 1.165) is 36.9 Å². The van der Waals surface area contributed by atoms with Crippen LogP contribution in [0, 0.1) is 12.7 Å². The fourth-order valence-corrected chi connectivity index (χ4v) is 3.29. The van der Waals surface area contributed by atoms with E-state index in [1.165, 1.54) is 28.9 Å². The molecule has 0 radical (unpaired) electrons. The molecule has 28 heavy (non-hydrogen) atoms. The highest BCUT2D eigenvalue weighted by atomic mass is 19.1. The molecule has 2 nitrogen and oxygen atoms in total. The molecular weight excluding hydrogens is 349 g/mol. The molecule has 2 aromatic rings. The molecular formula is C25H32FNO. The van der Waals surface area contributed by atoms with Crippen LogP contribution in [0.15, 0.2) is 57.9 Å². The highest BCUT2D eigenvalue weighted by molar-refractivity contribution is 5.79. The van der Waals surface area contributed by atoms with E-state index < -0.39 is 0 Å². The molecule has 0 spiro atoms. The molecule has 1 heterocycles. The fraction of sp³-hybridized carbons (Fsp3) is 0.400. The predicted octanol–water partition coefficient (Wildman–Crippen LogP) is 6.94. The summed E-state index contributed by atoms with van der Waals surface area (Å²) in [5.74, 6) is -0.338. The van der Waals surface area contributed by atoms with Crippen molar-refractivity contribution in [1.82, 2.24) is 4.98 Å². The van der Waals surface area contributed by atoms with Crippen molar-refractivity contribution in [2.24, 2.45) is 0 Å². The largest absolute Gasteiger partial charge is 0.358 e. The minimum Gasteiger partial charge on any atom is -0.358 e. The van der Waals surface area contributed by atoms with Gasteiger partial charge < -0.3 is 4.98 Å². The van der Waals surface area contributed by atoms with Gasteiger partial charge in [-0.1, -0.05) is 34.9 Å². The third-order valence-electron chi connectivity index (χ3n) is 5.05. The van der Waals surface area contributed by atoms with Gasteiger partial charge in [0, 0.05) is 16.6 Å². The van der Waals surface area contributed by atoms with Crippen LogP contribution in [0.1, 0.15) is 64.6 Å². The van der Waals surface area contributed by atoms with Crippen LogP contribution in [0.4, 0.5) is 4.39 Å². The second-order valence-corrected chi connectivity index (χ2v) is 7.91. The van der Waals surface area contributed by atoms with Crippen LogP contribution in [-0.4, -0.2) is 4.98 Å². The Kier molecular flexibility index (Phi) is 7.98. The first-order valence-corrected chi connectivity index (χ1v) is 10.0. The van der Waals surface area contributed by atoms with Crippen molar-refractivity contribution in [3.63, 3.8) is 0 Å². The van der Waals surface area contributed by atoms with Gasteiger partial charge in [0.05, 0.1) is 5.52 Å². The number of fused-ring (bicyclic) bond motifs is 1. The van der Waals surface area contributed by atoms with Gasteiger partial charge in [0.25, 0.3) is 0 Å². The lowest BCUT2D eigenvalue weighted by Gasteiger charge is -2.07. The van der Waals surface area contributed by atoms with Gasteiger partial charge in [-0.3, -0.25) is 4.79 Å². The summed E-state index contributed by atoms with van der Waals surface area (Å²) in [7, 11) is 0. The molecule has 0 bridgehead atoms. The third-order valence-corrected chi connectivity index (χ3v) is 5.05. The van der Waals surface area contributed by atoms with E-state index in [9.17, 15) is 9.18 Å². The Labute approximate surface area is 167 Å².